The van der Waals surface area contributed by atoms with E-state index in [1.165, 1.54) is 5.57 Å². The van der Waals surface area contributed by atoms with E-state index >= 15 is 0 Å². The number of hydrogen-bond acceptors (Lipinski definition) is 3. The minimum atomic E-state index is 0.0976. The number of carbonyl (C=O) groups is 1. The first-order valence-corrected chi connectivity index (χ1v) is 5.49. The summed E-state index contributed by atoms with van der Waals surface area (Å²) in [4.78, 5) is 15.3. The van der Waals surface area contributed by atoms with Gasteiger partial charge in [0.25, 0.3) is 0 Å². The Morgan fingerprint density at radius 2 is 2.47 bits per heavy atom. The molecule has 1 amide bonds. The molecule has 0 unspecified atom stereocenters. The van der Waals surface area contributed by atoms with Crippen LogP contribution in [0.25, 0.3) is 0 Å². The van der Waals surface area contributed by atoms with Crippen molar-refractivity contribution in [2.45, 2.75) is 32.1 Å². The van der Waals surface area contributed by atoms with Crippen LogP contribution in [0.5, 0.6) is 0 Å². The smallest absolute Gasteiger partial charge is 0.220 e. The molecule has 4 heteroatoms. The molecule has 0 aromatic carbocycles. The van der Waals surface area contributed by atoms with Crippen molar-refractivity contribution in [1.29, 1.82) is 0 Å². The zero-order chi connectivity index (χ0) is 10.9. The lowest BCUT2D eigenvalue weighted by molar-refractivity contribution is -0.121. The average Bonchev–Trinajstić information content (AvgIpc) is 2.28. The van der Waals surface area contributed by atoms with Crippen molar-refractivity contribution in [3.05, 3.63) is 11.8 Å². The molecule has 0 saturated heterocycles. The third-order valence-corrected chi connectivity index (χ3v) is 2.33. The first kappa shape index (κ1) is 11.9. The second-order valence-electron chi connectivity index (χ2n) is 3.65. The van der Waals surface area contributed by atoms with E-state index in [9.17, 15) is 4.79 Å². The van der Waals surface area contributed by atoms with Crippen LogP contribution < -0.4 is 11.1 Å². The maximum Gasteiger partial charge on any atom is 0.220 e. The lowest BCUT2D eigenvalue weighted by Gasteiger charge is -2.09. The molecule has 0 fully saturated rings. The molecule has 0 atom stereocenters. The molecule has 0 aromatic rings. The number of amides is 1. The fourth-order valence-electron chi connectivity index (χ4n) is 1.45. The second-order valence-corrected chi connectivity index (χ2v) is 3.65. The fraction of sp³-hybridized carbons (Fsp3) is 0.636. The van der Waals surface area contributed by atoms with Crippen LogP contribution in [0, 0.1) is 0 Å². The maximum absolute atomic E-state index is 11.2. The van der Waals surface area contributed by atoms with Gasteiger partial charge in [-0.25, -0.2) is 0 Å². The Hall–Kier alpha value is -1.16. The highest BCUT2D eigenvalue weighted by Gasteiger charge is 2.02. The van der Waals surface area contributed by atoms with Crippen LogP contribution in [0.3, 0.4) is 0 Å². The van der Waals surface area contributed by atoms with Crippen molar-refractivity contribution >= 4 is 12.1 Å². The standard InChI is InChI=1S/C11H19N3O/c12-6-1-4-11(15)14-8-5-10-3-2-7-13-9-10/h7,9H,1-6,8,12H2,(H,14,15). The molecule has 15 heavy (non-hydrogen) atoms. The molecule has 1 heterocycles. The van der Waals surface area contributed by atoms with E-state index in [0.717, 1.165) is 25.7 Å². The SMILES string of the molecule is NCCCC(=O)NCCC1=CN=CCC1. The van der Waals surface area contributed by atoms with Crippen molar-refractivity contribution in [2.24, 2.45) is 10.7 Å². The van der Waals surface area contributed by atoms with Crippen LogP contribution in [0.15, 0.2) is 16.8 Å². The van der Waals surface area contributed by atoms with E-state index in [1.54, 1.807) is 0 Å². The molecule has 84 valence electrons. The highest BCUT2D eigenvalue weighted by molar-refractivity contribution is 5.75. The molecule has 4 nitrogen and oxygen atoms in total. The number of hydrogen-bond donors (Lipinski definition) is 2. The lowest BCUT2D eigenvalue weighted by Crippen LogP contribution is -2.25. The monoisotopic (exact) mass is 209 g/mol. The Morgan fingerprint density at radius 1 is 1.60 bits per heavy atom. The number of rotatable bonds is 6. The Kier molecular flexibility index (Phi) is 5.70. The van der Waals surface area contributed by atoms with Crippen LogP contribution in [-0.2, 0) is 4.79 Å². The molecule has 0 aliphatic carbocycles. The van der Waals surface area contributed by atoms with Crippen molar-refractivity contribution in [3.8, 4) is 0 Å². The van der Waals surface area contributed by atoms with Gasteiger partial charge in [-0.15, -0.1) is 0 Å². The predicted octanol–water partition coefficient (Wildman–Crippen LogP) is 0.980. The van der Waals surface area contributed by atoms with E-state index in [0.29, 0.717) is 19.5 Å². The molecule has 0 radical (unpaired) electrons. The Labute approximate surface area is 90.6 Å². The highest BCUT2D eigenvalue weighted by Crippen LogP contribution is 2.11. The van der Waals surface area contributed by atoms with Gasteiger partial charge in [-0.3, -0.25) is 9.79 Å². The van der Waals surface area contributed by atoms with Crippen molar-refractivity contribution in [1.82, 2.24) is 5.32 Å². The minimum absolute atomic E-state index is 0.0976. The summed E-state index contributed by atoms with van der Waals surface area (Å²) >= 11 is 0. The summed E-state index contributed by atoms with van der Waals surface area (Å²) in [5.41, 5.74) is 6.63. The van der Waals surface area contributed by atoms with E-state index in [-0.39, 0.29) is 5.91 Å². The quantitative estimate of drug-likeness (QED) is 0.684. The van der Waals surface area contributed by atoms with Crippen LogP contribution >= 0.6 is 0 Å². The van der Waals surface area contributed by atoms with Gasteiger partial charge >= 0.3 is 0 Å². The molecule has 1 rings (SSSR count). The van der Waals surface area contributed by atoms with E-state index in [4.69, 9.17) is 5.73 Å². The van der Waals surface area contributed by atoms with Crippen LogP contribution in [0.4, 0.5) is 0 Å². The van der Waals surface area contributed by atoms with Gasteiger partial charge in [0.1, 0.15) is 0 Å². The highest BCUT2D eigenvalue weighted by atomic mass is 16.1. The van der Waals surface area contributed by atoms with Crippen LogP contribution in [0.1, 0.15) is 32.1 Å². The summed E-state index contributed by atoms with van der Waals surface area (Å²) < 4.78 is 0. The molecule has 0 aromatic heterocycles. The van der Waals surface area contributed by atoms with Gasteiger partial charge in [-0.05, 0) is 37.8 Å². The maximum atomic E-state index is 11.2. The molecular formula is C11H19N3O. The van der Waals surface area contributed by atoms with E-state index < -0.39 is 0 Å². The first-order chi connectivity index (χ1) is 7.33. The van der Waals surface area contributed by atoms with E-state index in [2.05, 4.69) is 10.3 Å². The van der Waals surface area contributed by atoms with Crippen molar-refractivity contribution in [3.63, 3.8) is 0 Å². The van der Waals surface area contributed by atoms with Gasteiger partial charge in [0.2, 0.25) is 5.91 Å². The minimum Gasteiger partial charge on any atom is -0.356 e. The number of nitrogens with zero attached hydrogens (tertiary/aromatic N) is 1. The number of nitrogens with two attached hydrogens (primary N) is 1. The number of carbonyl (C=O) groups excluding carboxylic acids is 1. The molecule has 1 aliphatic rings. The normalized spacial score (nSPS) is 14.9. The van der Waals surface area contributed by atoms with Gasteiger partial charge < -0.3 is 11.1 Å². The van der Waals surface area contributed by atoms with Gasteiger partial charge in [-0.1, -0.05) is 0 Å². The topological polar surface area (TPSA) is 67.5 Å². The van der Waals surface area contributed by atoms with Gasteiger partial charge in [0.05, 0.1) is 0 Å². The Bertz CT molecular complexity index is 259. The van der Waals surface area contributed by atoms with Gasteiger partial charge in [-0.2, -0.15) is 0 Å². The summed E-state index contributed by atoms with van der Waals surface area (Å²) in [5.74, 6) is 0.0976. The first-order valence-electron chi connectivity index (χ1n) is 5.49. The average molecular weight is 209 g/mol. The second kappa shape index (κ2) is 7.17. The Balaban J connectivity index is 2.07. The lowest BCUT2D eigenvalue weighted by atomic mass is 10.1. The molecule has 0 spiro atoms. The molecule has 1 aliphatic heterocycles. The third kappa shape index (κ3) is 5.32. The summed E-state index contributed by atoms with van der Waals surface area (Å²) in [7, 11) is 0. The van der Waals surface area contributed by atoms with Crippen molar-refractivity contribution < 1.29 is 4.79 Å². The van der Waals surface area contributed by atoms with Gasteiger partial charge in [0, 0.05) is 25.4 Å². The Morgan fingerprint density at radius 3 is 3.13 bits per heavy atom. The predicted molar refractivity (Wildman–Crippen MR) is 61.7 cm³/mol. The summed E-state index contributed by atoms with van der Waals surface area (Å²) in [6, 6.07) is 0. The molecular weight excluding hydrogens is 190 g/mol. The number of nitrogens with one attached hydrogen (secondary N) is 1. The van der Waals surface area contributed by atoms with Crippen molar-refractivity contribution in [2.75, 3.05) is 13.1 Å². The van der Waals surface area contributed by atoms with E-state index in [1.807, 2.05) is 12.4 Å². The molecule has 0 saturated carbocycles. The largest absolute Gasteiger partial charge is 0.356 e. The third-order valence-electron chi connectivity index (χ3n) is 2.33. The van der Waals surface area contributed by atoms with Crippen LogP contribution in [-0.4, -0.2) is 25.2 Å². The fourth-order valence-corrected chi connectivity index (χ4v) is 1.45. The molecule has 3 N–H and O–H groups in total. The zero-order valence-corrected chi connectivity index (χ0v) is 9.04. The number of aliphatic imine (C=N–C) groups is 1. The summed E-state index contributed by atoms with van der Waals surface area (Å²) in [6.45, 7) is 1.29. The van der Waals surface area contributed by atoms with Crippen LogP contribution in [0.2, 0.25) is 0 Å². The zero-order valence-electron chi connectivity index (χ0n) is 9.04. The summed E-state index contributed by atoms with van der Waals surface area (Å²) in [6.07, 6.45) is 8.12. The van der Waals surface area contributed by atoms with Gasteiger partial charge in [0.15, 0.2) is 0 Å². The molecule has 0 bridgehead atoms. The summed E-state index contributed by atoms with van der Waals surface area (Å²) in [5, 5.41) is 2.88.